The second-order valence-corrected chi connectivity index (χ2v) is 8.69. The Morgan fingerprint density at radius 2 is 1.64 bits per heavy atom. The topological polar surface area (TPSA) is 82.2 Å². The van der Waals surface area contributed by atoms with Crippen LogP contribution in [0.3, 0.4) is 0 Å². The lowest BCUT2D eigenvalue weighted by Crippen LogP contribution is -2.58. The minimum atomic E-state index is -3.49. The summed E-state index contributed by atoms with van der Waals surface area (Å²) in [5.74, 6) is -0.0193. The molecular weight excluding hydrogens is 368 g/mol. The van der Waals surface area contributed by atoms with Crippen molar-refractivity contribution in [3.8, 4) is 0 Å². The molecule has 2 rings (SSSR count). The van der Waals surface area contributed by atoms with E-state index >= 15 is 0 Å². The Kier molecular flexibility index (Phi) is 8.56. The van der Waals surface area contributed by atoms with Gasteiger partial charge in [-0.2, -0.15) is 17.0 Å². The third-order valence-electron chi connectivity index (χ3n) is 4.52. The van der Waals surface area contributed by atoms with Gasteiger partial charge in [0.1, 0.15) is 0 Å². The standard InChI is InChI=1S/C15H30N4O4S.ClH/c1-12(9-16-4)15(20)17-5-7-18(8-6-17)24(21,22)19-10-13(2)23-14(3)11-19;/h12-14,16H,5-11H2,1-4H3;1H. The first-order valence-electron chi connectivity index (χ1n) is 8.59. The second kappa shape index (κ2) is 9.48. The fourth-order valence-electron chi connectivity index (χ4n) is 3.33. The lowest BCUT2D eigenvalue weighted by molar-refractivity contribution is -0.136. The Morgan fingerprint density at radius 3 is 2.12 bits per heavy atom. The van der Waals surface area contributed by atoms with Crippen LogP contribution >= 0.6 is 12.4 Å². The Bertz CT molecular complexity index is 530. The number of ether oxygens (including phenoxy) is 1. The lowest BCUT2D eigenvalue weighted by atomic mass is 10.1. The summed E-state index contributed by atoms with van der Waals surface area (Å²) in [5.41, 5.74) is 0. The highest BCUT2D eigenvalue weighted by Gasteiger charge is 2.37. The number of morpholine rings is 1. The van der Waals surface area contributed by atoms with E-state index in [9.17, 15) is 13.2 Å². The van der Waals surface area contributed by atoms with Crippen LogP contribution in [0.5, 0.6) is 0 Å². The third-order valence-corrected chi connectivity index (χ3v) is 6.49. The third kappa shape index (κ3) is 5.51. The van der Waals surface area contributed by atoms with Crippen molar-refractivity contribution in [2.45, 2.75) is 33.0 Å². The molecule has 3 unspecified atom stereocenters. The van der Waals surface area contributed by atoms with Crippen LogP contribution in [0.2, 0.25) is 0 Å². The number of amides is 1. The van der Waals surface area contributed by atoms with E-state index in [4.69, 9.17) is 4.74 Å². The highest BCUT2D eigenvalue weighted by Crippen LogP contribution is 2.19. The van der Waals surface area contributed by atoms with Crippen molar-refractivity contribution in [2.24, 2.45) is 5.92 Å². The summed E-state index contributed by atoms with van der Waals surface area (Å²) in [6.07, 6.45) is -0.206. The highest BCUT2D eigenvalue weighted by molar-refractivity contribution is 7.86. The number of carbonyl (C=O) groups is 1. The molecule has 2 aliphatic rings. The maximum absolute atomic E-state index is 12.8. The first-order chi connectivity index (χ1) is 11.3. The van der Waals surface area contributed by atoms with E-state index in [0.29, 0.717) is 45.8 Å². The Morgan fingerprint density at radius 1 is 1.12 bits per heavy atom. The van der Waals surface area contributed by atoms with Gasteiger partial charge in [-0.15, -0.1) is 12.4 Å². The van der Waals surface area contributed by atoms with Gasteiger partial charge in [-0.05, 0) is 20.9 Å². The van der Waals surface area contributed by atoms with E-state index in [1.807, 2.05) is 27.8 Å². The first-order valence-corrected chi connectivity index (χ1v) is 9.99. The minimum Gasteiger partial charge on any atom is -0.373 e. The van der Waals surface area contributed by atoms with Crippen molar-refractivity contribution < 1.29 is 17.9 Å². The molecule has 148 valence electrons. The van der Waals surface area contributed by atoms with E-state index in [2.05, 4.69) is 5.32 Å². The molecule has 0 bridgehead atoms. The first kappa shape index (κ1) is 22.6. The SMILES string of the molecule is CNCC(C)C(=O)N1CCN(S(=O)(=O)N2CC(C)OC(C)C2)CC1.Cl. The number of nitrogens with one attached hydrogen (secondary N) is 1. The number of halogens is 1. The molecule has 8 nitrogen and oxygen atoms in total. The fourth-order valence-corrected chi connectivity index (χ4v) is 5.07. The van der Waals surface area contributed by atoms with E-state index in [1.54, 1.807) is 4.90 Å². The lowest BCUT2D eigenvalue weighted by Gasteiger charge is -2.40. The van der Waals surface area contributed by atoms with E-state index in [1.165, 1.54) is 8.61 Å². The molecule has 0 spiro atoms. The summed E-state index contributed by atoms with van der Waals surface area (Å²) in [4.78, 5) is 14.1. The molecule has 0 saturated carbocycles. The zero-order valence-corrected chi connectivity index (χ0v) is 17.1. The van der Waals surface area contributed by atoms with Gasteiger partial charge < -0.3 is 15.0 Å². The zero-order valence-electron chi connectivity index (χ0n) is 15.5. The van der Waals surface area contributed by atoms with E-state index in [0.717, 1.165) is 0 Å². The summed E-state index contributed by atoms with van der Waals surface area (Å²) >= 11 is 0. The zero-order chi connectivity index (χ0) is 17.9. The van der Waals surface area contributed by atoms with Crippen LogP contribution in [0, 0.1) is 5.92 Å². The molecule has 25 heavy (non-hydrogen) atoms. The van der Waals surface area contributed by atoms with Crippen LogP contribution in [0.15, 0.2) is 0 Å². The number of nitrogens with zero attached hydrogens (tertiary/aromatic N) is 3. The van der Waals surface area contributed by atoms with Gasteiger partial charge in [0, 0.05) is 51.7 Å². The molecule has 0 radical (unpaired) electrons. The molecule has 2 aliphatic heterocycles. The van der Waals surface area contributed by atoms with Gasteiger partial charge in [0.2, 0.25) is 5.91 Å². The molecule has 0 aliphatic carbocycles. The maximum Gasteiger partial charge on any atom is 0.282 e. The highest BCUT2D eigenvalue weighted by atomic mass is 35.5. The van der Waals surface area contributed by atoms with E-state index < -0.39 is 10.2 Å². The van der Waals surface area contributed by atoms with Crippen LogP contribution in [-0.4, -0.2) is 92.9 Å². The molecule has 1 N–H and O–H groups in total. The second-order valence-electron chi connectivity index (χ2n) is 6.77. The molecule has 10 heteroatoms. The van der Waals surface area contributed by atoms with Gasteiger partial charge in [0.15, 0.2) is 0 Å². The quantitative estimate of drug-likeness (QED) is 0.691. The van der Waals surface area contributed by atoms with Crippen molar-refractivity contribution in [2.75, 3.05) is 52.9 Å². The average molecular weight is 399 g/mol. The molecule has 3 atom stereocenters. The molecule has 0 aromatic rings. The molecule has 0 aromatic carbocycles. The van der Waals surface area contributed by atoms with Crippen molar-refractivity contribution in [3.63, 3.8) is 0 Å². The molecular formula is C15H31ClN4O4S. The number of hydrogen-bond acceptors (Lipinski definition) is 5. The van der Waals surface area contributed by atoms with Gasteiger partial charge in [-0.1, -0.05) is 6.92 Å². The monoisotopic (exact) mass is 398 g/mol. The number of carbonyl (C=O) groups excluding carboxylic acids is 1. The van der Waals surface area contributed by atoms with Crippen LogP contribution in [-0.2, 0) is 19.7 Å². The van der Waals surface area contributed by atoms with Crippen LogP contribution in [0.4, 0.5) is 0 Å². The van der Waals surface area contributed by atoms with Gasteiger partial charge in [0.05, 0.1) is 12.2 Å². The predicted molar refractivity (Wildman–Crippen MR) is 99.0 cm³/mol. The largest absolute Gasteiger partial charge is 0.373 e. The number of hydrogen-bond donors (Lipinski definition) is 1. The van der Waals surface area contributed by atoms with E-state index in [-0.39, 0.29) is 36.4 Å². The predicted octanol–water partition coefficient (Wildman–Crippen LogP) is -0.238. The molecule has 2 heterocycles. The fraction of sp³-hybridized carbons (Fsp3) is 0.933. The average Bonchev–Trinajstić information content (AvgIpc) is 2.53. The molecule has 0 aromatic heterocycles. The summed E-state index contributed by atoms with van der Waals surface area (Å²) in [6.45, 7) is 8.63. The van der Waals surface area contributed by atoms with Crippen LogP contribution < -0.4 is 5.32 Å². The summed E-state index contributed by atoms with van der Waals surface area (Å²) in [7, 11) is -1.68. The summed E-state index contributed by atoms with van der Waals surface area (Å²) < 4.78 is 34.3. The molecule has 2 saturated heterocycles. The number of piperazine rings is 1. The Labute approximate surface area is 157 Å². The smallest absolute Gasteiger partial charge is 0.282 e. The van der Waals surface area contributed by atoms with Crippen molar-refractivity contribution >= 4 is 28.5 Å². The van der Waals surface area contributed by atoms with Crippen molar-refractivity contribution in [1.82, 2.24) is 18.8 Å². The minimum absolute atomic E-state index is 0. The Balaban J connectivity index is 0.00000312. The molecule has 2 fully saturated rings. The van der Waals surface area contributed by atoms with Crippen molar-refractivity contribution in [3.05, 3.63) is 0 Å². The van der Waals surface area contributed by atoms with Crippen molar-refractivity contribution in [1.29, 1.82) is 0 Å². The van der Waals surface area contributed by atoms with Crippen LogP contribution in [0.1, 0.15) is 20.8 Å². The van der Waals surface area contributed by atoms with Crippen LogP contribution in [0.25, 0.3) is 0 Å². The van der Waals surface area contributed by atoms with Gasteiger partial charge in [-0.3, -0.25) is 4.79 Å². The maximum atomic E-state index is 12.8. The van der Waals surface area contributed by atoms with Gasteiger partial charge >= 0.3 is 0 Å². The summed E-state index contributed by atoms with van der Waals surface area (Å²) in [5, 5.41) is 3.00. The summed E-state index contributed by atoms with van der Waals surface area (Å²) in [6, 6.07) is 0. The van der Waals surface area contributed by atoms with Gasteiger partial charge in [0.25, 0.3) is 10.2 Å². The van der Waals surface area contributed by atoms with Gasteiger partial charge in [-0.25, -0.2) is 0 Å². The molecule has 1 amide bonds. The normalized spacial score (nSPS) is 27.6. The number of rotatable bonds is 5. The Hall–Kier alpha value is -0.450.